The molecule has 1 aromatic carbocycles. The average molecular weight is 364 g/mol. The lowest BCUT2D eigenvalue weighted by Crippen LogP contribution is -2.24. The number of benzene rings is 1. The zero-order valence-electron chi connectivity index (χ0n) is 15.6. The molecule has 0 aliphatic carbocycles. The molecule has 0 spiro atoms. The molecule has 1 amide bonds. The smallest absolute Gasteiger partial charge is 0.276 e. The lowest BCUT2D eigenvalue weighted by atomic mass is 10.1. The molecular formula is C17H24N4O3S. The summed E-state index contributed by atoms with van der Waals surface area (Å²) in [5.74, 6) is -0.362. The monoisotopic (exact) mass is 364 g/mol. The first kappa shape index (κ1) is 19.0. The largest absolute Gasteiger partial charge is 0.343 e. The second kappa shape index (κ2) is 6.51. The van der Waals surface area contributed by atoms with E-state index in [1.54, 1.807) is 41.9 Å². The van der Waals surface area contributed by atoms with E-state index in [0.29, 0.717) is 16.8 Å². The quantitative estimate of drug-likeness (QED) is 0.901. The number of sulfonamides is 1. The van der Waals surface area contributed by atoms with Gasteiger partial charge in [0.05, 0.1) is 10.6 Å². The Kier molecular flexibility index (Phi) is 4.94. The van der Waals surface area contributed by atoms with Crippen LogP contribution in [-0.4, -0.2) is 43.1 Å². The minimum absolute atomic E-state index is 0.0796. The van der Waals surface area contributed by atoms with Gasteiger partial charge in [-0.15, -0.1) is 0 Å². The van der Waals surface area contributed by atoms with E-state index in [4.69, 9.17) is 0 Å². The maximum Gasteiger partial charge on any atom is 0.276 e. The second-order valence-electron chi connectivity index (χ2n) is 6.47. The number of carbonyl (C=O) groups is 1. The fraction of sp³-hybridized carbons (Fsp3) is 0.412. The van der Waals surface area contributed by atoms with E-state index in [1.807, 2.05) is 19.1 Å². The van der Waals surface area contributed by atoms with E-state index in [0.717, 1.165) is 5.56 Å². The molecule has 2 aromatic rings. The van der Waals surface area contributed by atoms with Gasteiger partial charge >= 0.3 is 0 Å². The summed E-state index contributed by atoms with van der Waals surface area (Å²) < 4.78 is 30.0. The van der Waals surface area contributed by atoms with Crippen molar-refractivity contribution in [3.8, 4) is 0 Å². The molecule has 136 valence electrons. The molecule has 0 saturated carbocycles. The van der Waals surface area contributed by atoms with Gasteiger partial charge in [-0.3, -0.25) is 14.2 Å². The molecule has 0 bridgehead atoms. The topological polar surface area (TPSA) is 84.3 Å². The van der Waals surface area contributed by atoms with Gasteiger partial charge in [0.1, 0.15) is 5.69 Å². The van der Waals surface area contributed by atoms with Gasteiger partial charge in [0, 0.05) is 21.1 Å². The molecule has 0 aliphatic rings. The van der Waals surface area contributed by atoms with Crippen LogP contribution in [0.15, 0.2) is 17.0 Å². The number of nitrogens with zero attached hydrogens (tertiary/aromatic N) is 3. The summed E-state index contributed by atoms with van der Waals surface area (Å²) in [7, 11) is 1.00. The molecule has 1 aromatic heterocycles. The van der Waals surface area contributed by atoms with Crippen molar-refractivity contribution >= 4 is 21.6 Å². The average Bonchev–Trinajstić information content (AvgIpc) is 2.72. The Morgan fingerprint density at radius 2 is 1.64 bits per heavy atom. The molecule has 8 heteroatoms. The number of carbonyl (C=O) groups excluding carboxylic acids is 1. The van der Waals surface area contributed by atoms with E-state index in [9.17, 15) is 13.2 Å². The van der Waals surface area contributed by atoms with Crippen LogP contribution in [0.3, 0.4) is 0 Å². The lowest BCUT2D eigenvalue weighted by molar-refractivity contribution is 0.0822. The van der Waals surface area contributed by atoms with Gasteiger partial charge in [-0.1, -0.05) is 17.7 Å². The molecule has 7 nitrogen and oxygen atoms in total. The highest BCUT2D eigenvalue weighted by molar-refractivity contribution is 7.92. The van der Waals surface area contributed by atoms with Crippen molar-refractivity contribution in [2.45, 2.75) is 32.6 Å². The molecule has 0 aliphatic heterocycles. The molecule has 2 rings (SSSR count). The Labute approximate surface area is 148 Å². The van der Waals surface area contributed by atoms with Crippen LogP contribution in [0.1, 0.15) is 32.9 Å². The third kappa shape index (κ3) is 3.53. The van der Waals surface area contributed by atoms with Gasteiger partial charge < -0.3 is 4.90 Å². The van der Waals surface area contributed by atoms with Crippen molar-refractivity contribution in [2.75, 3.05) is 18.8 Å². The number of rotatable bonds is 4. The van der Waals surface area contributed by atoms with Crippen LogP contribution in [0.2, 0.25) is 0 Å². The normalized spacial score (nSPS) is 11.5. The zero-order chi connectivity index (χ0) is 19.1. The lowest BCUT2D eigenvalue weighted by Gasteiger charge is -2.15. The van der Waals surface area contributed by atoms with Crippen LogP contribution < -0.4 is 4.72 Å². The highest BCUT2D eigenvalue weighted by Crippen LogP contribution is 2.28. The van der Waals surface area contributed by atoms with Gasteiger partial charge in [-0.2, -0.15) is 5.10 Å². The highest BCUT2D eigenvalue weighted by Gasteiger charge is 2.27. The van der Waals surface area contributed by atoms with E-state index in [2.05, 4.69) is 9.82 Å². The summed E-state index contributed by atoms with van der Waals surface area (Å²) in [5.41, 5.74) is 3.17. The summed E-state index contributed by atoms with van der Waals surface area (Å²) in [5, 5.41) is 4.17. The minimum Gasteiger partial charge on any atom is -0.343 e. The molecule has 0 saturated heterocycles. The van der Waals surface area contributed by atoms with Gasteiger partial charge in [0.25, 0.3) is 15.9 Å². The van der Waals surface area contributed by atoms with E-state index in [1.165, 1.54) is 9.58 Å². The number of hydrogen-bond donors (Lipinski definition) is 1. The van der Waals surface area contributed by atoms with Crippen molar-refractivity contribution in [1.82, 2.24) is 14.7 Å². The van der Waals surface area contributed by atoms with Crippen molar-refractivity contribution in [3.63, 3.8) is 0 Å². The number of aromatic nitrogens is 2. The Bertz CT molecular complexity index is 920. The second-order valence-corrected chi connectivity index (χ2v) is 8.08. The fourth-order valence-electron chi connectivity index (χ4n) is 2.87. The van der Waals surface area contributed by atoms with E-state index >= 15 is 0 Å². The van der Waals surface area contributed by atoms with Crippen LogP contribution >= 0.6 is 0 Å². The Morgan fingerprint density at radius 1 is 1.12 bits per heavy atom. The number of aryl methyl sites for hydroxylation is 4. The molecule has 0 atom stereocenters. The number of anilines is 1. The van der Waals surface area contributed by atoms with Crippen LogP contribution in [-0.2, 0) is 17.1 Å². The Balaban J connectivity index is 2.58. The van der Waals surface area contributed by atoms with Gasteiger partial charge in [-0.25, -0.2) is 8.42 Å². The fourth-order valence-corrected chi connectivity index (χ4v) is 4.45. The van der Waals surface area contributed by atoms with Crippen molar-refractivity contribution in [2.24, 2.45) is 7.05 Å². The Hall–Kier alpha value is -2.35. The molecule has 0 unspecified atom stereocenters. The molecule has 25 heavy (non-hydrogen) atoms. The molecular weight excluding hydrogens is 340 g/mol. The van der Waals surface area contributed by atoms with E-state index < -0.39 is 10.0 Å². The summed E-state index contributed by atoms with van der Waals surface area (Å²) in [4.78, 5) is 13.9. The standard InChI is InChI=1S/C17H24N4O3S/c1-10-8-11(2)16(12(3)9-10)25(23,24)19-14-13(4)21(7)18-15(14)17(22)20(5)6/h8-9,19H,1-7H3. The summed E-state index contributed by atoms with van der Waals surface area (Å²) in [6, 6.07) is 3.65. The third-order valence-electron chi connectivity index (χ3n) is 4.05. The van der Waals surface area contributed by atoms with Gasteiger partial charge in [0.2, 0.25) is 0 Å². The number of amides is 1. The Morgan fingerprint density at radius 3 is 2.12 bits per heavy atom. The molecule has 0 fully saturated rings. The highest BCUT2D eigenvalue weighted by atomic mass is 32.2. The van der Waals surface area contributed by atoms with Gasteiger partial charge in [0.15, 0.2) is 5.69 Å². The summed E-state index contributed by atoms with van der Waals surface area (Å²) in [6.07, 6.45) is 0. The van der Waals surface area contributed by atoms with Crippen LogP contribution in [0.5, 0.6) is 0 Å². The first-order valence-corrected chi connectivity index (χ1v) is 9.30. The molecule has 0 radical (unpaired) electrons. The SMILES string of the molecule is Cc1cc(C)c(S(=O)(=O)Nc2c(C(=O)N(C)C)nn(C)c2C)c(C)c1. The van der Waals surface area contributed by atoms with Crippen molar-refractivity contribution < 1.29 is 13.2 Å². The summed E-state index contributed by atoms with van der Waals surface area (Å²) >= 11 is 0. The summed E-state index contributed by atoms with van der Waals surface area (Å²) in [6.45, 7) is 7.15. The first-order valence-electron chi connectivity index (χ1n) is 7.81. The maximum atomic E-state index is 13.0. The molecule has 1 N–H and O–H groups in total. The van der Waals surface area contributed by atoms with Crippen LogP contribution in [0.4, 0.5) is 5.69 Å². The van der Waals surface area contributed by atoms with Crippen LogP contribution in [0, 0.1) is 27.7 Å². The predicted octanol–water partition coefficient (Wildman–Crippen LogP) is 2.16. The number of nitrogens with one attached hydrogen (secondary N) is 1. The third-order valence-corrected chi connectivity index (χ3v) is 5.71. The number of hydrogen-bond acceptors (Lipinski definition) is 4. The van der Waals surface area contributed by atoms with Crippen LogP contribution in [0.25, 0.3) is 0 Å². The zero-order valence-corrected chi connectivity index (χ0v) is 16.4. The molecule has 1 heterocycles. The minimum atomic E-state index is -3.86. The van der Waals surface area contributed by atoms with Crippen molar-refractivity contribution in [3.05, 3.63) is 40.2 Å². The first-order chi connectivity index (χ1) is 11.5. The van der Waals surface area contributed by atoms with Gasteiger partial charge in [-0.05, 0) is 38.8 Å². The predicted molar refractivity (Wildman–Crippen MR) is 97.4 cm³/mol. The maximum absolute atomic E-state index is 13.0. The van der Waals surface area contributed by atoms with E-state index in [-0.39, 0.29) is 22.2 Å². The van der Waals surface area contributed by atoms with Crippen molar-refractivity contribution in [1.29, 1.82) is 0 Å².